The monoisotopic (exact) mass is 228 g/mol. The molecule has 2 rings (SSSR count). The van der Waals surface area contributed by atoms with Crippen molar-refractivity contribution in [2.75, 3.05) is 31.1 Å². The molecular formula is C12H24N2S. The summed E-state index contributed by atoms with van der Waals surface area (Å²) in [5, 5.41) is 7.24. The summed E-state index contributed by atoms with van der Waals surface area (Å²) in [6.45, 7) is 3.66. The first-order valence-electron chi connectivity index (χ1n) is 6.47. The molecule has 0 amide bonds. The molecule has 3 heteroatoms. The fraction of sp³-hybridized carbons (Fsp3) is 1.00. The van der Waals surface area contributed by atoms with Crippen molar-refractivity contribution in [2.45, 2.75) is 38.1 Å². The van der Waals surface area contributed by atoms with Crippen LogP contribution in [0.1, 0.15) is 32.1 Å². The molecule has 0 radical (unpaired) electrons. The van der Waals surface area contributed by atoms with Crippen LogP contribution >= 0.6 is 11.8 Å². The second kappa shape index (κ2) is 6.77. The molecule has 2 heterocycles. The lowest BCUT2D eigenvalue weighted by atomic mass is 10.0. The third-order valence-electron chi connectivity index (χ3n) is 3.58. The number of piperidine rings is 1. The molecule has 0 spiro atoms. The van der Waals surface area contributed by atoms with Gasteiger partial charge in [-0.3, -0.25) is 0 Å². The van der Waals surface area contributed by atoms with Gasteiger partial charge in [-0.25, -0.2) is 0 Å². The summed E-state index contributed by atoms with van der Waals surface area (Å²) < 4.78 is 0. The summed E-state index contributed by atoms with van der Waals surface area (Å²) in [7, 11) is 0. The van der Waals surface area contributed by atoms with Crippen LogP contribution in [0, 0.1) is 5.92 Å². The zero-order chi connectivity index (χ0) is 10.3. The minimum absolute atomic E-state index is 0.747. The van der Waals surface area contributed by atoms with Crippen LogP contribution < -0.4 is 10.6 Å². The van der Waals surface area contributed by atoms with E-state index in [-0.39, 0.29) is 0 Å². The van der Waals surface area contributed by atoms with Crippen LogP contribution in [0.25, 0.3) is 0 Å². The van der Waals surface area contributed by atoms with Gasteiger partial charge < -0.3 is 10.6 Å². The molecule has 0 aromatic carbocycles. The Morgan fingerprint density at radius 2 is 1.93 bits per heavy atom. The van der Waals surface area contributed by atoms with E-state index in [0.717, 1.165) is 12.0 Å². The molecule has 2 aliphatic heterocycles. The van der Waals surface area contributed by atoms with Crippen molar-refractivity contribution in [1.82, 2.24) is 10.6 Å². The van der Waals surface area contributed by atoms with E-state index in [0.29, 0.717) is 0 Å². The standard InChI is InChI=1S/C12H24N2S/c1-2-6-14-12(3-1)10-13-9-11-4-7-15-8-5-11/h11-14H,1-10H2. The lowest BCUT2D eigenvalue weighted by Gasteiger charge is -2.26. The van der Waals surface area contributed by atoms with Crippen LogP contribution in [0.5, 0.6) is 0 Å². The van der Waals surface area contributed by atoms with Crippen molar-refractivity contribution in [3.05, 3.63) is 0 Å². The zero-order valence-electron chi connectivity index (χ0n) is 9.63. The van der Waals surface area contributed by atoms with E-state index in [4.69, 9.17) is 0 Å². The fourth-order valence-electron chi connectivity index (χ4n) is 2.51. The molecule has 0 bridgehead atoms. The van der Waals surface area contributed by atoms with Gasteiger partial charge in [0.05, 0.1) is 0 Å². The van der Waals surface area contributed by atoms with E-state index in [1.807, 2.05) is 0 Å². The number of rotatable bonds is 4. The highest BCUT2D eigenvalue weighted by atomic mass is 32.2. The van der Waals surface area contributed by atoms with Crippen LogP contribution in [0.4, 0.5) is 0 Å². The largest absolute Gasteiger partial charge is 0.315 e. The highest BCUT2D eigenvalue weighted by Gasteiger charge is 2.15. The maximum absolute atomic E-state index is 3.65. The van der Waals surface area contributed by atoms with E-state index in [2.05, 4.69) is 22.4 Å². The normalized spacial score (nSPS) is 29.2. The van der Waals surface area contributed by atoms with Crippen molar-refractivity contribution in [1.29, 1.82) is 0 Å². The Labute approximate surface area is 98.0 Å². The predicted octanol–water partition coefficient (Wildman–Crippen LogP) is 1.86. The maximum atomic E-state index is 3.65. The van der Waals surface area contributed by atoms with Crippen LogP contribution in [0.15, 0.2) is 0 Å². The van der Waals surface area contributed by atoms with Crippen LogP contribution in [-0.2, 0) is 0 Å². The first-order valence-corrected chi connectivity index (χ1v) is 7.62. The third kappa shape index (κ3) is 4.33. The molecule has 88 valence electrons. The molecule has 2 saturated heterocycles. The Kier molecular flexibility index (Phi) is 5.30. The highest BCUT2D eigenvalue weighted by molar-refractivity contribution is 7.99. The molecule has 2 N–H and O–H groups in total. The lowest BCUT2D eigenvalue weighted by molar-refractivity contribution is 0.364. The quantitative estimate of drug-likeness (QED) is 0.768. The summed E-state index contributed by atoms with van der Waals surface area (Å²) >= 11 is 2.12. The van der Waals surface area contributed by atoms with Gasteiger partial charge in [-0.05, 0) is 56.2 Å². The van der Waals surface area contributed by atoms with E-state index in [1.165, 1.54) is 63.2 Å². The maximum Gasteiger partial charge on any atom is 0.0192 e. The first kappa shape index (κ1) is 11.7. The molecule has 1 unspecified atom stereocenters. The second-order valence-corrected chi connectivity index (χ2v) is 6.09. The van der Waals surface area contributed by atoms with Crippen molar-refractivity contribution in [3.63, 3.8) is 0 Å². The van der Waals surface area contributed by atoms with E-state index in [9.17, 15) is 0 Å². The second-order valence-electron chi connectivity index (χ2n) is 4.86. The predicted molar refractivity (Wildman–Crippen MR) is 68.6 cm³/mol. The molecule has 0 aromatic rings. The zero-order valence-corrected chi connectivity index (χ0v) is 10.5. The Morgan fingerprint density at radius 3 is 2.67 bits per heavy atom. The number of hydrogen-bond donors (Lipinski definition) is 2. The van der Waals surface area contributed by atoms with Gasteiger partial charge in [0.15, 0.2) is 0 Å². The Morgan fingerprint density at radius 1 is 1.07 bits per heavy atom. The van der Waals surface area contributed by atoms with Gasteiger partial charge in [0.25, 0.3) is 0 Å². The third-order valence-corrected chi connectivity index (χ3v) is 4.63. The van der Waals surface area contributed by atoms with Gasteiger partial charge in [-0.1, -0.05) is 6.42 Å². The topological polar surface area (TPSA) is 24.1 Å². The minimum Gasteiger partial charge on any atom is -0.315 e. The van der Waals surface area contributed by atoms with E-state index >= 15 is 0 Å². The number of hydrogen-bond acceptors (Lipinski definition) is 3. The van der Waals surface area contributed by atoms with E-state index < -0.39 is 0 Å². The number of thioether (sulfide) groups is 1. The van der Waals surface area contributed by atoms with Crippen LogP contribution in [-0.4, -0.2) is 37.2 Å². The van der Waals surface area contributed by atoms with Crippen molar-refractivity contribution in [3.8, 4) is 0 Å². The highest BCUT2D eigenvalue weighted by Crippen LogP contribution is 2.21. The van der Waals surface area contributed by atoms with Crippen molar-refractivity contribution in [2.24, 2.45) is 5.92 Å². The fourth-order valence-corrected chi connectivity index (χ4v) is 3.71. The van der Waals surface area contributed by atoms with Crippen LogP contribution in [0.2, 0.25) is 0 Å². The average molecular weight is 228 g/mol. The lowest BCUT2D eigenvalue weighted by Crippen LogP contribution is -2.43. The van der Waals surface area contributed by atoms with Crippen LogP contribution in [0.3, 0.4) is 0 Å². The Bertz CT molecular complexity index is 145. The smallest absolute Gasteiger partial charge is 0.0192 e. The van der Waals surface area contributed by atoms with Gasteiger partial charge in [-0.15, -0.1) is 0 Å². The number of nitrogens with one attached hydrogen (secondary N) is 2. The summed E-state index contributed by atoms with van der Waals surface area (Å²) in [6.07, 6.45) is 7.01. The molecule has 2 aliphatic rings. The molecule has 2 fully saturated rings. The van der Waals surface area contributed by atoms with Gasteiger partial charge in [-0.2, -0.15) is 11.8 Å². The molecule has 0 aliphatic carbocycles. The molecule has 1 atom stereocenters. The summed E-state index contributed by atoms with van der Waals surface area (Å²) in [5.41, 5.74) is 0. The van der Waals surface area contributed by atoms with Gasteiger partial charge in [0.1, 0.15) is 0 Å². The average Bonchev–Trinajstić information content (AvgIpc) is 2.32. The molecule has 0 aromatic heterocycles. The van der Waals surface area contributed by atoms with E-state index in [1.54, 1.807) is 0 Å². The summed E-state index contributed by atoms with van der Waals surface area (Å²) in [4.78, 5) is 0. The summed E-state index contributed by atoms with van der Waals surface area (Å²) in [5.74, 6) is 3.72. The summed E-state index contributed by atoms with van der Waals surface area (Å²) in [6, 6.07) is 0.747. The minimum atomic E-state index is 0.747. The van der Waals surface area contributed by atoms with Gasteiger partial charge in [0.2, 0.25) is 0 Å². The van der Waals surface area contributed by atoms with Crippen molar-refractivity contribution < 1.29 is 0 Å². The Hall–Kier alpha value is 0.270. The molecule has 2 nitrogen and oxygen atoms in total. The van der Waals surface area contributed by atoms with Gasteiger partial charge >= 0.3 is 0 Å². The molecular weight excluding hydrogens is 204 g/mol. The Balaban J connectivity index is 1.53. The molecule has 15 heavy (non-hydrogen) atoms. The SMILES string of the molecule is C1CCC(CNCC2CCSCC2)NC1. The van der Waals surface area contributed by atoms with Gasteiger partial charge in [0, 0.05) is 12.6 Å². The first-order chi connectivity index (χ1) is 7.45. The van der Waals surface area contributed by atoms with Crippen molar-refractivity contribution >= 4 is 11.8 Å². The molecule has 0 saturated carbocycles.